The molecule has 3 rings (SSSR count). The van der Waals surface area contributed by atoms with Crippen LogP contribution in [0.3, 0.4) is 0 Å². The zero-order valence-corrected chi connectivity index (χ0v) is 14.9. The molecule has 1 atom stereocenters. The summed E-state index contributed by atoms with van der Waals surface area (Å²) >= 11 is 0. The molecule has 5 heteroatoms. The van der Waals surface area contributed by atoms with Crippen LogP contribution in [0.25, 0.3) is 0 Å². The average Bonchev–Trinajstić information content (AvgIpc) is 3.06. The zero-order chi connectivity index (χ0) is 18.4. The van der Waals surface area contributed by atoms with Crippen molar-refractivity contribution in [2.45, 2.75) is 19.4 Å². The lowest BCUT2D eigenvalue weighted by molar-refractivity contribution is -0.149. The average molecular weight is 353 g/mol. The molecule has 1 unspecified atom stereocenters. The molecule has 0 N–H and O–H groups in total. The van der Waals surface area contributed by atoms with Crippen LogP contribution in [-0.2, 0) is 27.4 Å². The second kappa shape index (κ2) is 8.52. The van der Waals surface area contributed by atoms with Gasteiger partial charge < -0.3 is 14.4 Å². The van der Waals surface area contributed by atoms with Crippen molar-refractivity contribution in [2.24, 2.45) is 5.92 Å². The predicted octanol–water partition coefficient (Wildman–Crippen LogP) is 2.83. The van der Waals surface area contributed by atoms with Crippen molar-refractivity contribution in [3.63, 3.8) is 0 Å². The number of hydrogen-bond donors (Lipinski definition) is 0. The highest BCUT2D eigenvalue weighted by atomic mass is 16.5. The molecule has 0 aromatic heterocycles. The number of carbonyl (C=O) groups excluding carboxylic acids is 2. The topological polar surface area (TPSA) is 55.8 Å². The molecule has 2 aromatic rings. The van der Waals surface area contributed by atoms with Gasteiger partial charge >= 0.3 is 5.97 Å². The van der Waals surface area contributed by atoms with Crippen molar-refractivity contribution in [1.29, 1.82) is 0 Å². The van der Waals surface area contributed by atoms with Crippen LogP contribution in [0.15, 0.2) is 54.6 Å². The van der Waals surface area contributed by atoms with Crippen molar-refractivity contribution in [2.75, 3.05) is 20.2 Å². The summed E-state index contributed by atoms with van der Waals surface area (Å²) in [6, 6.07) is 17.4. The number of likely N-dealkylation sites (tertiary alicyclic amines) is 1. The van der Waals surface area contributed by atoms with Crippen LogP contribution in [0.2, 0.25) is 0 Å². The first-order valence-electron chi connectivity index (χ1n) is 8.77. The van der Waals surface area contributed by atoms with E-state index in [9.17, 15) is 9.59 Å². The second-order valence-electron chi connectivity index (χ2n) is 6.44. The van der Waals surface area contributed by atoms with Crippen LogP contribution in [0.5, 0.6) is 5.75 Å². The van der Waals surface area contributed by atoms with Crippen molar-refractivity contribution >= 4 is 11.9 Å². The third-order valence-corrected chi connectivity index (χ3v) is 4.58. The fraction of sp³-hybridized carbons (Fsp3) is 0.333. The van der Waals surface area contributed by atoms with Crippen LogP contribution < -0.4 is 4.74 Å². The van der Waals surface area contributed by atoms with Crippen molar-refractivity contribution in [3.8, 4) is 5.75 Å². The maximum Gasteiger partial charge on any atom is 0.311 e. The number of ether oxygens (including phenoxy) is 2. The first kappa shape index (κ1) is 18.0. The molecule has 0 saturated carbocycles. The molecule has 1 saturated heterocycles. The zero-order valence-electron chi connectivity index (χ0n) is 14.9. The molecule has 0 bridgehead atoms. The monoisotopic (exact) mass is 353 g/mol. The lowest BCUT2D eigenvalue weighted by Crippen LogP contribution is -2.28. The normalized spacial score (nSPS) is 16.6. The number of rotatable bonds is 7. The largest absolute Gasteiger partial charge is 0.497 e. The SMILES string of the molecule is COc1cccc(COC(=O)C2CC(=O)N(CCc3ccccc3)C2)c1. The summed E-state index contributed by atoms with van der Waals surface area (Å²) in [5.41, 5.74) is 2.05. The number of esters is 1. The van der Waals surface area contributed by atoms with E-state index in [-0.39, 0.29) is 30.8 Å². The van der Waals surface area contributed by atoms with E-state index in [4.69, 9.17) is 9.47 Å². The molecule has 1 heterocycles. The van der Waals surface area contributed by atoms with E-state index < -0.39 is 0 Å². The maximum absolute atomic E-state index is 12.3. The Morgan fingerprint density at radius 1 is 1.12 bits per heavy atom. The molecule has 1 aliphatic rings. The van der Waals surface area contributed by atoms with Gasteiger partial charge in [-0.25, -0.2) is 0 Å². The lowest BCUT2D eigenvalue weighted by atomic mass is 10.1. The molecule has 1 aliphatic heterocycles. The molecular weight excluding hydrogens is 330 g/mol. The molecule has 0 aliphatic carbocycles. The van der Waals surface area contributed by atoms with Gasteiger partial charge in [0.05, 0.1) is 13.0 Å². The predicted molar refractivity (Wildman–Crippen MR) is 97.6 cm³/mol. The van der Waals surface area contributed by atoms with Gasteiger partial charge in [-0.05, 0) is 29.7 Å². The molecule has 26 heavy (non-hydrogen) atoms. The Hall–Kier alpha value is -2.82. The number of nitrogens with zero attached hydrogens (tertiary/aromatic N) is 1. The summed E-state index contributed by atoms with van der Waals surface area (Å²) in [6.45, 7) is 1.25. The van der Waals surface area contributed by atoms with Gasteiger partial charge in [0.25, 0.3) is 0 Å². The number of amides is 1. The Morgan fingerprint density at radius 3 is 2.65 bits per heavy atom. The second-order valence-corrected chi connectivity index (χ2v) is 6.44. The molecule has 1 fully saturated rings. The summed E-state index contributed by atoms with van der Waals surface area (Å²) in [4.78, 5) is 26.2. The van der Waals surface area contributed by atoms with Crippen molar-refractivity contribution in [1.82, 2.24) is 4.90 Å². The Bertz CT molecular complexity index is 760. The summed E-state index contributed by atoms with van der Waals surface area (Å²) in [6.07, 6.45) is 1.02. The molecule has 1 amide bonds. The van der Waals surface area contributed by atoms with E-state index in [0.717, 1.165) is 17.7 Å². The number of hydrogen-bond acceptors (Lipinski definition) is 4. The van der Waals surface area contributed by atoms with E-state index in [2.05, 4.69) is 0 Å². The van der Waals surface area contributed by atoms with Gasteiger partial charge in [-0.2, -0.15) is 0 Å². The Labute approximate surface area is 153 Å². The van der Waals surface area contributed by atoms with E-state index in [1.54, 1.807) is 12.0 Å². The summed E-state index contributed by atoms with van der Waals surface area (Å²) < 4.78 is 10.6. The van der Waals surface area contributed by atoms with Gasteiger partial charge in [-0.1, -0.05) is 42.5 Å². The van der Waals surface area contributed by atoms with E-state index in [1.165, 1.54) is 5.56 Å². The minimum Gasteiger partial charge on any atom is -0.497 e. The first-order valence-corrected chi connectivity index (χ1v) is 8.77. The highest BCUT2D eigenvalue weighted by Crippen LogP contribution is 2.21. The Balaban J connectivity index is 1.48. The molecule has 2 aromatic carbocycles. The number of methoxy groups -OCH3 is 1. The molecular formula is C21H23NO4. The van der Waals surface area contributed by atoms with E-state index >= 15 is 0 Å². The summed E-state index contributed by atoms with van der Waals surface area (Å²) in [7, 11) is 1.60. The van der Waals surface area contributed by atoms with Gasteiger partial charge in [-0.15, -0.1) is 0 Å². The van der Waals surface area contributed by atoms with Gasteiger partial charge in [0.1, 0.15) is 12.4 Å². The molecule has 0 spiro atoms. The van der Waals surface area contributed by atoms with Gasteiger partial charge in [-0.3, -0.25) is 9.59 Å². The highest BCUT2D eigenvalue weighted by molar-refractivity contribution is 5.86. The van der Waals surface area contributed by atoms with Crippen LogP contribution in [-0.4, -0.2) is 37.0 Å². The lowest BCUT2D eigenvalue weighted by Gasteiger charge is -2.16. The van der Waals surface area contributed by atoms with Crippen molar-refractivity contribution in [3.05, 3.63) is 65.7 Å². The highest BCUT2D eigenvalue weighted by Gasteiger charge is 2.35. The van der Waals surface area contributed by atoms with Crippen LogP contribution in [0, 0.1) is 5.92 Å². The van der Waals surface area contributed by atoms with Crippen LogP contribution in [0.1, 0.15) is 17.5 Å². The fourth-order valence-electron chi connectivity index (χ4n) is 3.09. The van der Waals surface area contributed by atoms with Crippen LogP contribution >= 0.6 is 0 Å². The van der Waals surface area contributed by atoms with E-state index in [1.807, 2.05) is 54.6 Å². The van der Waals surface area contributed by atoms with Gasteiger partial charge in [0.2, 0.25) is 5.91 Å². The molecule has 5 nitrogen and oxygen atoms in total. The van der Waals surface area contributed by atoms with E-state index in [0.29, 0.717) is 13.1 Å². The summed E-state index contributed by atoms with van der Waals surface area (Å²) in [5.74, 6) is 0.0400. The van der Waals surface area contributed by atoms with Gasteiger partial charge in [0, 0.05) is 19.5 Å². The quantitative estimate of drug-likeness (QED) is 0.718. The third kappa shape index (κ3) is 4.63. The standard InChI is InChI=1S/C21H23NO4/c1-25-19-9-5-8-17(12-19)15-26-21(24)18-13-20(23)22(14-18)11-10-16-6-3-2-4-7-16/h2-9,12,18H,10-11,13-15H2,1H3. The van der Waals surface area contributed by atoms with Gasteiger partial charge in [0.15, 0.2) is 0 Å². The Morgan fingerprint density at radius 2 is 1.88 bits per heavy atom. The maximum atomic E-state index is 12.3. The number of carbonyl (C=O) groups is 2. The smallest absolute Gasteiger partial charge is 0.311 e. The van der Waals surface area contributed by atoms with Crippen LogP contribution in [0.4, 0.5) is 0 Å². The molecule has 0 radical (unpaired) electrons. The minimum atomic E-state index is -0.385. The minimum absolute atomic E-state index is 0.0178. The fourth-order valence-corrected chi connectivity index (χ4v) is 3.09. The van der Waals surface area contributed by atoms with Crippen molar-refractivity contribution < 1.29 is 19.1 Å². The molecule has 136 valence electrons. The summed E-state index contributed by atoms with van der Waals surface area (Å²) in [5, 5.41) is 0. The number of benzene rings is 2. The third-order valence-electron chi connectivity index (χ3n) is 4.58. The first-order chi connectivity index (χ1) is 12.7. The Kier molecular flexibility index (Phi) is 5.89.